The second kappa shape index (κ2) is 4.32. The van der Waals surface area contributed by atoms with Gasteiger partial charge in [-0.05, 0) is 33.8 Å². The molecule has 0 atom stereocenters. The van der Waals surface area contributed by atoms with E-state index in [2.05, 4.69) is 32.9 Å². The van der Waals surface area contributed by atoms with Crippen LogP contribution in [-0.2, 0) is 4.74 Å². The molecule has 0 radical (unpaired) electrons. The first-order chi connectivity index (χ1) is 6.53. The molecule has 0 bridgehead atoms. The second-order valence-electron chi connectivity index (χ2n) is 4.23. The van der Waals surface area contributed by atoms with E-state index in [-0.39, 0.29) is 5.60 Å². The Bertz CT molecular complexity index is 304. The van der Waals surface area contributed by atoms with Gasteiger partial charge in [-0.2, -0.15) is 0 Å². The normalized spacial score (nSPS) is 12.7. The monoisotopic (exact) mass is 190 g/mol. The molecular weight excluding hydrogens is 172 g/mol. The fraction of sp³-hybridized carbons (Fsp3) is 0.385. The molecule has 0 saturated heterocycles. The van der Waals surface area contributed by atoms with Crippen molar-refractivity contribution in [2.45, 2.75) is 33.3 Å². The summed E-state index contributed by atoms with van der Waals surface area (Å²) in [7, 11) is 0. The number of rotatable bonds is 2. The van der Waals surface area contributed by atoms with Crippen LogP contribution >= 0.6 is 0 Å². The Balaban J connectivity index is 2.85. The average molecular weight is 190 g/mol. The summed E-state index contributed by atoms with van der Waals surface area (Å²) in [6.07, 6.45) is 2.00. The Morgan fingerprint density at radius 1 is 1.14 bits per heavy atom. The van der Waals surface area contributed by atoms with Crippen LogP contribution in [0.1, 0.15) is 33.3 Å². The van der Waals surface area contributed by atoms with Crippen molar-refractivity contribution in [3.05, 3.63) is 42.0 Å². The van der Waals surface area contributed by atoms with Crippen molar-refractivity contribution >= 4 is 5.76 Å². The molecule has 0 aliphatic carbocycles. The Labute approximate surface area is 86.4 Å². The van der Waals surface area contributed by atoms with Gasteiger partial charge in [0, 0.05) is 5.56 Å². The lowest BCUT2D eigenvalue weighted by Crippen LogP contribution is -2.18. The summed E-state index contributed by atoms with van der Waals surface area (Å²) < 4.78 is 5.83. The molecule has 76 valence electrons. The van der Waals surface area contributed by atoms with E-state index in [0.717, 1.165) is 11.3 Å². The summed E-state index contributed by atoms with van der Waals surface area (Å²) in [6.45, 7) is 8.16. The molecule has 0 saturated carbocycles. The van der Waals surface area contributed by atoms with Crippen molar-refractivity contribution < 1.29 is 4.74 Å². The topological polar surface area (TPSA) is 9.23 Å². The Morgan fingerprint density at radius 2 is 1.71 bits per heavy atom. The highest BCUT2D eigenvalue weighted by Crippen LogP contribution is 2.22. The summed E-state index contributed by atoms with van der Waals surface area (Å²) >= 11 is 0. The van der Waals surface area contributed by atoms with Gasteiger partial charge >= 0.3 is 0 Å². The highest BCUT2D eigenvalue weighted by Gasteiger charge is 2.13. The average Bonchev–Trinajstić information content (AvgIpc) is 2.14. The van der Waals surface area contributed by atoms with E-state index in [4.69, 9.17) is 4.74 Å². The van der Waals surface area contributed by atoms with Gasteiger partial charge in [-0.3, -0.25) is 0 Å². The third-order valence-electron chi connectivity index (χ3n) is 1.74. The minimum atomic E-state index is -0.141. The third-order valence-corrected chi connectivity index (χ3v) is 1.74. The quantitative estimate of drug-likeness (QED) is 0.643. The van der Waals surface area contributed by atoms with Crippen molar-refractivity contribution in [1.29, 1.82) is 0 Å². The van der Waals surface area contributed by atoms with Gasteiger partial charge in [-0.15, -0.1) is 0 Å². The number of ether oxygens (including phenoxy) is 1. The summed E-state index contributed by atoms with van der Waals surface area (Å²) in [5, 5.41) is 0. The van der Waals surface area contributed by atoms with Gasteiger partial charge < -0.3 is 4.74 Å². The van der Waals surface area contributed by atoms with Gasteiger partial charge in [-0.1, -0.05) is 30.3 Å². The molecule has 14 heavy (non-hydrogen) atoms. The number of allylic oxidation sites excluding steroid dienone is 1. The zero-order valence-electron chi connectivity index (χ0n) is 9.37. The number of hydrogen-bond donors (Lipinski definition) is 0. The van der Waals surface area contributed by atoms with E-state index in [1.165, 1.54) is 0 Å². The maximum Gasteiger partial charge on any atom is 0.123 e. The summed E-state index contributed by atoms with van der Waals surface area (Å²) in [4.78, 5) is 0. The Hall–Kier alpha value is -1.24. The van der Waals surface area contributed by atoms with Crippen LogP contribution in [0.5, 0.6) is 0 Å². The predicted molar refractivity (Wildman–Crippen MR) is 60.9 cm³/mol. The highest BCUT2D eigenvalue weighted by atomic mass is 16.5. The van der Waals surface area contributed by atoms with Crippen molar-refractivity contribution in [2.24, 2.45) is 0 Å². The van der Waals surface area contributed by atoms with Crippen molar-refractivity contribution in [3.8, 4) is 0 Å². The lowest BCUT2D eigenvalue weighted by Gasteiger charge is -2.23. The van der Waals surface area contributed by atoms with Gasteiger partial charge in [-0.25, -0.2) is 0 Å². The highest BCUT2D eigenvalue weighted by molar-refractivity contribution is 5.59. The van der Waals surface area contributed by atoms with Crippen LogP contribution in [0.25, 0.3) is 5.76 Å². The van der Waals surface area contributed by atoms with Gasteiger partial charge in [0.1, 0.15) is 11.4 Å². The van der Waals surface area contributed by atoms with E-state index < -0.39 is 0 Å². The third kappa shape index (κ3) is 3.25. The lowest BCUT2D eigenvalue weighted by atomic mass is 10.1. The minimum Gasteiger partial charge on any atom is -0.488 e. The van der Waals surface area contributed by atoms with E-state index >= 15 is 0 Å². The van der Waals surface area contributed by atoms with Crippen LogP contribution < -0.4 is 0 Å². The van der Waals surface area contributed by atoms with Gasteiger partial charge in [0.05, 0.1) is 0 Å². The van der Waals surface area contributed by atoms with Crippen LogP contribution in [0.3, 0.4) is 0 Å². The summed E-state index contributed by atoms with van der Waals surface area (Å²) in [5.41, 5.74) is 0.988. The van der Waals surface area contributed by atoms with Crippen molar-refractivity contribution in [2.75, 3.05) is 0 Å². The van der Waals surface area contributed by atoms with Gasteiger partial charge in [0.25, 0.3) is 0 Å². The molecule has 0 fully saturated rings. The molecule has 0 heterocycles. The van der Waals surface area contributed by atoms with Crippen molar-refractivity contribution in [3.63, 3.8) is 0 Å². The molecule has 0 amide bonds. The first-order valence-corrected chi connectivity index (χ1v) is 4.93. The largest absolute Gasteiger partial charge is 0.488 e. The SMILES string of the molecule is CC=C(OC(C)(C)C)c1ccccc1. The molecule has 0 aromatic heterocycles. The molecule has 1 heteroatoms. The van der Waals surface area contributed by atoms with E-state index in [0.29, 0.717) is 0 Å². The first kappa shape index (κ1) is 10.8. The molecule has 1 rings (SSSR count). The summed E-state index contributed by atoms with van der Waals surface area (Å²) in [5.74, 6) is 0.943. The van der Waals surface area contributed by atoms with Crippen LogP contribution in [0.4, 0.5) is 0 Å². The molecule has 0 aliphatic rings. The van der Waals surface area contributed by atoms with Gasteiger partial charge in [0.2, 0.25) is 0 Å². The predicted octanol–water partition coefficient (Wildman–Crippen LogP) is 3.86. The minimum absolute atomic E-state index is 0.141. The maximum absolute atomic E-state index is 5.83. The molecule has 0 aliphatic heterocycles. The van der Waals surface area contributed by atoms with Crippen LogP contribution in [-0.4, -0.2) is 5.60 Å². The van der Waals surface area contributed by atoms with E-state index in [9.17, 15) is 0 Å². The molecule has 0 N–H and O–H groups in total. The van der Waals surface area contributed by atoms with Crippen LogP contribution in [0.2, 0.25) is 0 Å². The maximum atomic E-state index is 5.83. The first-order valence-electron chi connectivity index (χ1n) is 4.93. The van der Waals surface area contributed by atoms with E-state index in [1.807, 2.05) is 31.2 Å². The molecule has 1 aromatic carbocycles. The van der Waals surface area contributed by atoms with E-state index in [1.54, 1.807) is 0 Å². The molecular formula is C13H18O. The molecule has 0 spiro atoms. The standard InChI is InChI=1S/C13H18O/c1-5-12(14-13(2,3)4)11-9-7-6-8-10-11/h5-10H,1-4H3. The Morgan fingerprint density at radius 3 is 2.14 bits per heavy atom. The number of benzene rings is 1. The lowest BCUT2D eigenvalue weighted by molar-refractivity contribution is 0.0968. The van der Waals surface area contributed by atoms with Crippen molar-refractivity contribution in [1.82, 2.24) is 0 Å². The fourth-order valence-electron chi connectivity index (χ4n) is 1.22. The van der Waals surface area contributed by atoms with Crippen LogP contribution in [0.15, 0.2) is 36.4 Å². The number of hydrogen-bond acceptors (Lipinski definition) is 1. The molecule has 0 unspecified atom stereocenters. The van der Waals surface area contributed by atoms with Gasteiger partial charge in [0.15, 0.2) is 0 Å². The zero-order valence-corrected chi connectivity index (χ0v) is 9.37. The second-order valence-corrected chi connectivity index (χ2v) is 4.23. The molecule has 1 nitrogen and oxygen atoms in total. The fourth-order valence-corrected chi connectivity index (χ4v) is 1.22. The van der Waals surface area contributed by atoms with Crippen LogP contribution in [0, 0.1) is 0 Å². The zero-order chi connectivity index (χ0) is 10.6. The molecule has 1 aromatic rings. The Kier molecular flexibility index (Phi) is 3.34. The smallest absolute Gasteiger partial charge is 0.123 e. The summed E-state index contributed by atoms with van der Waals surface area (Å²) in [6, 6.07) is 10.2.